The fourth-order valence-corrected chi connectivity index (χ4v) is 2.64. The molecule has 0 aliphatic heterocycles. The van der Waals surface area contributed by atoms with E-state index >= 15 is 0 Å². The average Bonchev–Trinajstić information content (AvgIpc) is 3.09. The molecule has 0 atom stereocenters. The number of anilines is 1. The van der Waals surface area contributed by atoms with Gasteiger partial charge in [-0.3, -0.25) is 4.79 Å². The van der Waals surface area contributed by atoms with Crippen molar-refractivity contribution in [1.29, 1.82) is 0 Å². The molecule has 3 aromatic rings. The van der Waals surface area contributed by atoms with Gasteiger partial charge >= 0.3 is 0 Å². The van der Waals surface area contributed by atoms with Crippen LogP contribution in [0.3, 0.4) is 0 Å². The van der Waals surface area contributed by atoms with Crippen molar-refractivity contribution in [1.82, 2.24) is 10.1 Å². The molecule has 0 radical (unpaired) electrons. The molecule has 0 fully saturated rings. The first-order valence-electron chi connectivity index (χ1n) is 7.86. The zero-order valence-electron chi connectivity index (χ0n) is 14.2. The molecule has 3 rings (SSSR count). The SMILES string of the molecule is COc1ccc(NC(=O)Cc2noc(COc3ccc(Cl)cc3Cl)n2)cc1. The van der Waals surface area contributed by atoms with Crippen LogP contribution < -0.4 is 14.8 Å². The van der Waals surface area contributed by atoms with Gasteiger partial charge in [0, 0.05) is 10.7 Å². The molecule has 9 heteroatoms. The number of nitrogens with zero attached hydrogens (tertiary/aromatic N) is 2. The maximum atomic E-state index is 12.1. The van der Waals surface area contributed by atoms with Gasteiger partial charge in [-0.25, -0.2) is 0 Å². The molecule has 0 unspecified atom stereocenters. The van der Waals surface area contributed by atoms with Crippen molar-refractivity contribution in [3.8, 4) is 11.5 Å². The minimum Gasteiger partial charge on any atom is -0.497 e. The van der Waals surface area contributed by atoms with Crippen LogP contribution in [0.15, 0.2) is 47.0 Å². The molecule has 27 heavy (non-hydrogen) atoms. The van der Waals surface area contributed by atoms with E-state index in [1.54, 1.807) is 49.6 Å². The molecule has 7 nitrogen and oxygen atoms in total. The van der Waals surface area contributed by atoms with Crippen molar-refractivity contribution in [3.63, 3.8) is 0 Å². The Morgan fingerprint density at radius 2 is 1.96 bits per heavy atom. The number of ether oxygens (including phenoxy) is 2. The number of hydrogen-bond acceptors (Lipinski definition) is 6. The van der Waals surface area contributed by atoms with Crippen LogP contribution in [0.2, 0.25) is 10.0 Å². The van der Waals surface area contributed by atoms with E-state index in [0.29, 0.717) is 27.2 Å². The maximum Gasteiger partial charge on any atom is 0.264 e. The lowest BCUT2D eigenvalue weighted by Gasteiger charge is -2.05. The number of halogens is 2. The predicted molar refractivity (Wildman–Crippen MR) is 100 cm³/mol. The Kier molecular flexibility index (Phi) is 6.16. The molecule has 0 spiro atoms. The molecular weight excluding hydrogens is 393 g/mol. The summed E-state index contributed by atoms with van der Waals surface area (Å²) in [7, 11) is 1.58. The van der Waals surface area contributed by atoms with Crippen LogP contribution in [0.5, 0.6) is 11.5 Å². The van der Waals surface area contributed by atoms with Crippen molar-refractivity contribution in [3.05, 3.63) is 64.2 Å². The van der Waals surface area contributed by atoms with Crippen LogP contribution in [-0.2, 0) is 17.8 Å². The number of nitrogens with one attached hydrogen (secondary N) is 1. The fourth-order valence-electron chi connectivity index (χ4n) is 2.18. The van der Waals surface area contributed by atoms with Crippen LogP contribution >= 0.6 is 23.2 Å². The summed E-state index contributed by atoms with van der Waals surface area (Å²) in [4.78, 5) is 16.2. The van der Waals surface area contributed by atoms with E-state index in [1.807, 2.05) is 0 Å². The summed E-state index contributed by atoms with van der Waals surface area (Å²) in [5.41, 5.74) is 0.644. The Balaban J connectivity index is 1.53. The van der Waals surface area contributed by atoms with Crippen molar-refractivity contribution in [2.24, 2.45) is 0 Å². The van der Waals surface area contributed by atoms with Crippen LogP contribution in [-0.4, -0.2) is 23.2 Å². The molecule has 140 valence electrons. The quantitative estimate of drug-likeness (QED) is 0.632. The van der Waals surface area contributed by atoms with Gasteiger partial charge in [-0.2, -0.15) is 4.98 Å². The van der Waals surface area contributed by atoms with Crippen molar-refractivity contribution in [2.45, 2.75) is 13.0 Å². The Morgan fingerprint density at radius 1 is 1.19 bits per heavy atom. The highest BCUT2D eigenvalue weighted by Gasteiger charge is 2.12. The average molecular weight is 408 g/mol. The Hall–Kier alpha value is -2.77. The second-order valence-electron chi connectivity index (χ2n) is 5.42. The fraction of sp³-hybridized carbons (Fsp3) is 0.167. The number of methoxy groups -OCH3 is 1. The van der Waals surface area contributed by atoms with Crippen molar-refractivity contribution < 1.29 is 18.8 Å². The number of amides is 1. The number of benzene rings is 2. The highest BCUT2D eigenvalue weighted by atomic mass is 35.5. The third kappa shape index (κ3) is 5.35. The molecule has 1 aromatic heterocycles. The van der Waals surface area contributed by atoms with E-state index < -0.39 is 0 Å². The lowest BCUT2D eigenvalue weighted by Crippen LogP contribution is -2.15. The maximum absolute atomic E-state index is 12.1. The lowest BCUT2D eigenvalue weighted by atomic mass is 10.3. The number of hydrogen-bond donors (Lipinski definition) is 1. The Labute approximate surface area is 165 Å². The van der Waals surface area contributed by atoms with Crippen molar-refractivity contribution >= 4 is 34.8 Å². The van der Waals surface area contributed by atoms with Gasteiger partial charge in [0.15, 0.2) is 12.4 Å². The summed E-state index contributed by atoms with van der Waals surface area (Å²) in [5.74, 6) is 1.36. The Morgan fingerprint density at radius 3 is 2.67 bits per heavy atom. The molecule has 1 amide bonds. The van der Waals surface area contributed by atoms with Gasteiger partial charge in [0.05, 0.1) is 18.6 Å². The van der Waals surface area contributed by atoms with Crippen LogP contribution in [0, 0.1) is 0 Å². The van der Waals surface area contributed by atoms with E-state index in [2.05, 4.69) is 15.5 Å². The molecule has 1 heterocycles. The minimum absolute atomic E-state index is 0.0223. The van der Waals surface area contributed by atoms with Gasteiger partial charge in [-0.15, -0.1) is 0 Å². The standard InChI is InChI=1S/C18H15Cl2N3O4/c1-25-13-5-3-12(4-6-13)21-17(24)9-16-22-18(27-23-16)10-26-15-7-2-11(19)8-14(15)20/h2-8H,9-10H2,1H3,(H,21,24). The second-order valence-corrected chi connectivity index (χ2v) is 6.26. The topological polar surface area (TPSA) is 86.5 Å². The van der Waals surface area contributed by atoms with Gasteiger partial charge in [0.1, 0.15) is 11.5 Å². The summed E-state index contributed by atoms with van der Waals surface area (Å²) in [6, 6.07) is 11.9. The molecule has 0 saturated carbocycles. The Bertz CT molecular complexity index is 929. The molecular formula is C18H15Cl2N3O4. The van der Waals surface area contributed by atoms with Crippen LogP contribution in [0.25, 0.3) is 0 Å². The molecule has 0 saturated heterocycles. The highest BCUT2D eigenvalue weighted by molar-refractivity contribution is 6.35. The smallest absolute Gasteiger partial charge is 0.264 e. The number of carbonyl (C=O) groups excluding carboxylic acids is 1. The van der Waals surface area contributed by atoms with E-state index in [-0.39, 0.29) is 30.7 Å². The summed E-state index contributed by atoms with van der Waals surface area (Å²) in [6.07, 6.45) is -0.0305. The van der Waals surface area contributed by atoms with E-state index in [1.165, 1.54) is 0 Å². The number of carbonyl (C=O) groups is 1. The molecule has 2 aromatic carbocycles. The zero-order valence-corrected chi connectivity index (χ0v) is 15.8. The van der Waals surface area contributed by atoms with Gasteiger partial charge in [-0.1, -0.05) is 28.4 Å². The van der Waals surface area contributed by atoms with Gasteiger partial charge in [-0.05, 0) is 42.5 Å². The van der Waals surface area contributed by atoms with Gasteiger partial charge in [0.25, 0.3) is 5.89 Å². The van der Waals surface area contributed by atoms with E-state index in [4.69, 9.17) is 37.2 Å². The van der Waals surface area contributed by atoms with Gasteiger partial charge in [0.2, 0.25) is 5.91 Å². The minimum atomic E-state index is -0.269. The summed E-state index contributed by atoms with van der Waals surface area (Å²) >= 11 is 11.9. The monoisotopic (exact) mass is 407 g/mol. The van der Waals surface area contributed by atoms with E-state index in [0.717, 1.165) is 0 Å². The summed E-state index contributed by atoms with van der Waals surface area (Å²) in [5, 5.41) is 7.40. The van der Waals surface area contributed by atoms with Crippen molar-refractivity contribution in [2.75, 3.05) is 12.4 Å². The van der Waals surface area contributed by atoms with E-state index in [9.17, 15) is 4.79 Å². The molecule has 0 aliphatic carbocycles. The second kappa shape index (κ2) is 8.75. The molecule has 1 N–H and O–H groups in total. The normalized spacial score (nSPS) is 10.5. The van der Waals surface area contributed by atoms with Gasteiger partial charge < -0.3 is 19.3 Å². The summed E-state index contributed by atoms with van der Waals surface area (Å²) < 4.78 is 15.7. The predicted octanol–water partition coefficient (Wildman–Crippen LogP) is 4.15. The third-order valence-electron chi connectivity index (χ3n) is 3.45. The first kappa shape index (κ1) is 19.0. The van der Waals surface area contributed by atoms with Crippen LogP contribution in [0.1, 0.15) is 11.7 Å². The number of rotatable bonds is 7. The molecule has 0 aliphatic rings. The first-order chi connectivity index (χ1) is 13.0. The summed E-state index contributed by atoms with van der Waals surface area (Å²) in [6.45, 7) is 0.0223. The highest BCUT2D eigenvalue weighted by Crippen LogP contribution is 2.28. The molecule has 0 bridgehead atoms. The third-order valence-corrected chi connectivity index (χ3v) is 3.98. The first-order valence-corrected chi connectivity index (χ1v) is 8.62. The lowest BCUT2D eigenvalue weighted by molar-refractivity contribution is -0.115. The van der Waals surface area contributed by atoms with Crippen LogP contribution in [0.4, 0.5) is 5.69 Å². The number of aromatic nitrogens is 2. The largest absolute Gasteiger partial charge is 0.497 e. The zero-order chi connectivity index (χ0) is 19.2.